The van der Waals surface area contributed by atoms with Crippen molar-refractivity contribution in [3.05, 3.63) is 150 Å². The molecule has 0 atom stereocenters. The average molecular weight is 891 g/mol. The first-order valence-electron chi connectivity index (χ1n) is 19.1. The summed E-state index contributed by atoms with van der Waals surface area (Å²) >= 11 is 0. The first-order chi connectivity index (χ1) is 25.7. The molecule has 1 aliphatic carbocycles. The zero-order valence-electron chi connectivity index (χ0n) is 32.6. The molecule has 0 saturated heterocycles. The van der Waals surface area contributed by atoms with Gasteiger partial charge in [0.15, 0.2) is 0 Å². The van der Waals surface area contributed by atoms with Crippen LogP contribution in [0.5, 0.6) is 0 Å². The van der Waals surface area contributed by atoms with Gasteiger partial charge < -0.3 is 18.5 Å². The smallest absolute Gasteiger partial charge is 0.140 e. The van der Waals surface area contributed by atoms with Crippen molar-refractivity contribution < 1.29 is 24.5 Å². The maximum absolute atomic E-state index is 6.44. The maximum Gasteiger partial charge on any atom is 0.140 e. The number of imidazole rings is 2. The Labute approximate surface area is 334 Å². The number of aromatic nitrogens is 4. The summed E-state index contributed by atoms with van der Waals surface area (Å²) in [5.74, 6) is 3.58. The van der Waals surface area contributed by atoms with Gasteiger partial charge in [0.25, 0.3) is 0 Å². The van der Waals surface area contributed by atoms with Gasteiger partial charge in [0.2, 0.25) is 0 Å². The minimum absolute atomic E-state index is 0. The Balaban J connectivity index is 0.000000187. The molecule has 0 aliphatic heterocycles. The SMILES string of the molecule is CC(C)c1cc(C(C)C)c2oc3ccccc3c2c1-n1ccnc1C1=[C-]C=CCC1.CC(C)c1cccc(C(C)C)c1-n1ccnc1-c1[c-]cccc1.[Ir]. The van der Waals surface area contributed by atoms with Gasteiger partial charge in [-0.15, -0.1) is 41.5 Å². The molecule has 4 aromatic carbocycles. The van der Waals surface area contributed by atoms with E-state index in [1.807, 2.05) is 42.7 Å². The normalized spacial score (nSPS) is 12.9. The zero-order chi connectivity index (χ0) is 37.2. The van der Waals surface area contributed by atoms with E-state index in [9.17, 15) is 0 Å². The molecule has 0 unspecified atom stereocenters. The number of para-hydroxylation sites is 2. The fourth-order valence-electron chi connectivity index (χ4n) is 7.49. The minimum atomic E-state index is 0. The minimum Gasteiger partial charge on any atom is -0.456 e. The van der Waals surface area contributed by atoms with E-state index in [1.165, 1.54) is 39.0 Å². The molecule has 0 bridgehead atoms. The second-order valence-corrected chi connectivity index (χ2v) is 15.2. The van der Waals surface area contributed by atoms with E-state index in [1.54, 1.807) is 0 Å². The summed E-state index contributed by atoms with van der Waals surface area (Å²) in [5, 5.41) is 2.35. The molecule has 7 aromatic rings. The molecule has 8 rings (SSSR count). The van der Waals surface area contributed by atoms with Crippen molar-refractivity contribution in [3.8, 4) is 22.8 Å². The molecule has 0 spiro atoms. The predicted octanol–water partition coefficient (Wildman–Crippen LogP) is 13.1. The van der Waals surface area contributed by atoms with Crippen LogP contribution in [0.1, 0.15) is 120 Å². The average Bonchev–Trinajstić information content (AvgIpc) is 3.94. The van der Waals surface area contributed by atoms with Gasteiger partial charge in [-0.3, -0.25) is 4.98 Å². The van der Waals surface area contributed by atoms with E-state index in [2.05, 4.69) is 149 Å². The van der Waals surface area contributed by atoms with Crippen molar-refractivity contribution in [1.29, 1.82) is 0 Å². The molecule has 1 radical (unpaired) electrons. The molecule has 0 amide bonds. The molecule has 1 aliphatic rings. The largest absolute Gasteiger partial charge is 0.456 e. The molecule has 0 saturated carbocycles. The van der Waals surface area contributed by atoms with Crippen LogP contribution < -0.4 is 0 Å². The van der Waals surface area contributed by atoms with Crippen molar-refractivity contribution in [3.63, 3.8) is 0 Å². The molecular formula is C48H50IrN4O-2. The third-order valence-corrected chi connectivity index (χ3v) is 10.2. The van der Waals surface area contributed by atoms with Gasteiger partial charge in [-0.25, -0.2) is 0 Å². The first kappa shape index (κ1) is 38.9. The van der Waals surface area contributed by atoms with E-state index < -0.39 is 0 Å². The number of fused-ring (bicyclic) bond motifs is 3. The summed E-state index contributed by atoms with van der Waals surface area (Å²) < 4.78 is 10.9. The second-order valence-electron chi connectivity index (χ2n) is 15.2. The molecule has 3 aromatic heterocycles. The van der Waals surface area contributed by atoms with E-state index >= 15 is 0 Å². The number of hydrogen-bond donors (Lipinski definition) is 0. The molecule has 6 heteroatoms. The summed E-state index contributed by atoms with van der Waals surface area (Å²) in [6.45, 7) is 18.0. The van der Waals surface area contributed by atoms with Crippen LogP contribution in [0.3, 0.4) is 0 Å². The number of furan rings is 1. The molecule has 279 valence electrons. The van der Waals surface area contributed by atoms with Crippen LogP contribution >= 0.6 is 0 Å². The van der Waals surface area contributed by atoms with Crippen molar-refractivity contribution in [2.45, 2.75) is 91.9 Å². The Kier molecular flexibility index (Phi) is 12.1. The fraction of sp³-hybridized carbons (Fsp3) is 0.292. The molecular weight excluding hydrogens is 841 g/mol. The van der Waals surface area contributed by atoms with Crippen molar-refractivity contribution in [1.82, 2.24) is 19.1 Å². The number of rotatable bonds is 8. The predicted molar refractivity (Wildman–Crippen MR) is 220 cm³/mol. The fourth-order valence-corrected chi connectivity index (χ4v) is 7.49. The Bertz CT molecular complexity index is 2390. The van der Waals surface area contributed by atoms with Crippen LogP contribution in [-0.4, -0.2) is 19.1 Å². The third-order valence-electron chi connectivity index (χ3n) is 10.2. The summed E-state index contributed by atoms with van der Waals surface area (Å²) in [5.41, 5.74) is 11.9. The van der Waals surface area contributed by atoms with E-state index in [0.29, 0.717) is 23.7 Å². The topological polar surface area (TPSA) is 48.8 Å². The van der Waals surface area contributed by atoms with Crippen LogP contribution in [0.2, 0.25) is 0 Å². The van der Waals surface area contributed by atoms with Crippen LogP contribution in [0.15, 0.2) is 114 Å². The van der Waals surface area contributed by atoms with Crippen LogP contribution in [0.4, 0.5) is 0 Å². The van der Waals surface area contributed by atoms with Gasteiger partial charge >= 0.3 is 0 Å². The Morgan fingerprint density at radius 3 is 1.91 bits per heavy atom. The Morgan fingerprint density at radius 2 is 1.30 bits per heavy atom. The molecule has 0 fully saturated rings. The number of allylic oxidation sites excluding steroid dienone is 4. The monoisotopic (exact) mass is 891 g/mol. The Morgan fingerprint density at radius 1 is 0.667 bits per heavy atom. The van der Waals surface area contributed by atoms with Gasteiger partial charge in [-0.1, -0.05) is 105 Å². The number of nitrogens with zero attached hydrogens (tertiary/aromatic N) is 4. The van der Waals surface area contributed by atoms with Crippen molar-refractivity contribution in [2.75, 3.05) is 0 Å². The van der Waals surface area contributed by atoms with Crippen molar-refractivity contribution >= 4 is 27.5 Å². The molecule has 54 heavy (non-hydrogen) atoms. The number of benzene rings is 4. The summed E-state index contributed by atoms with van der Waals surface area (Å²) in [4.78, 5) is 9.34. The van der Waals surface area contributed by atoms with Crippen LogP contribution in [0, 0.1) is 12.1 Å². The van der Waals surface area contributed by atoms with Gasteiger partial charge in [-0.2, -0.15) is 18.2 Å². The van der Waals surface area contributed by atoms with Gasteiger partial charge in [-0.05, 0) is 58.1 Å². The van der Waals surface area contributed by atoms with Gasteiger partial charge in [0.05, 0.1) is 16.9 Å². The van der Waals surface area contributed by atoms with Gasteiger partial charge in [0.1, 0.15) is 11.2 Å². The second kappa shape index (κ2) is 16.7. The zero-order valence-corrected chi connectivity index (χ0v) is 35.0. The van der Waals surface area contributed by atoms with E-state index in [4.69, 9.17) is 9.40 Å². The van der Waals surface area contributed by atoms with Gasteiger partial charge in [0, 0.05) is 61.8 Å². The molecule has 3 heterocycles. The molecule has 5 nitrogen and oxygen atoms in total. The van der Waals surface area contributed by atoms with Crippen LogP contribution in [-0.2, 0) is 20.1 Å². The summed E-state index contributed by atoms with van der Waals surface area (Å²) in [6.07, 6.45) is 17.5. The van der Waals surface area contributed by atoms with E-state index in [-0.39, 0.29) is 20.1 Å². The first-order valence-corrected chi connectivity index (χ1v) is 19.1. The quantitative estimate of drug-likeness (QED) is 0.143. The summed E-state index contributed by atoms with van der Waals surface area (Å²) in [7, 11) is 0. The summed E-state index contributed by atoms with van der Waals surface area (Å²) in [6, 6.07) is 28.6. The van der Waals surface area contributed by atoms with Crippen LogP contribution in [0.25, 0.3) is 50.3 Å². The van der Waals surface area contributed by atoms with E-state index in [0.717, 1.165) is 52.2 Å². The standard InChI is InChI=1S/C27H27N2O.C21H23N2.Ir/c1-17(2)21-16-22(18(3)4)26-24(20-12-8-9-13-23(20)30-26)25(21)29-15-14-28-27(29)19-10-6-5-7-11-19;1-15(2)18-11-8-12-19(16(3)4)20(18)23-14-13-22-21(23)17-9-6-5-7-10-17;/h5-6,8-9,12-18H,7,11H2,1-4H3;5-9,11-16H,1-4H3;/q2*-1;. The number of hydrogen-bond acceptors (Lipinski definition) is 3. The molecule has 0 N–H and O–H groups in total. The maximum atomic E-state index is 6.44. The third kappa shape index (κ3) is 7.47. The van der Waals surface area contributed by atoms with Crippen molar-refractivity contribution in [2.24, 2.45) is 0 Å². The Hall–Kier alpha value is -4.77.